The Kier molecular flexibility index (Phi) is 5.63. The maximum atomic E-state index is 14.8. The van der Waals surface area contributed by atoms with Crippen molar-refractivity contribution in [2.24, 2.45) is 5.41 Å². The molecule has 0 aliphatic carbocycles. The monoisotopic (exact) mass is 471 g/mol. The van der Waals surface area contributed by atoms with Crippen LogP contribution in [0.15, 0.2) is 48.8 Å². The summed E-state index contributed by atoms with van der Waals surface area (Å²) < 4.78 is 56.2. The summed E-state index contributed by atoms with van der Waals surface area (Å²) in [7, 11) is 0. The summed E-state index contributed by atoms with van der Waals surface area (Å²) in [5.74, 6) is -0.784. The van der Waals surface area contributed by atoms with E-state index in [0.29, 0.717) is 16.9 Å². The average Bonchev–Trinajstić information content (AvgIpc) is 3.17. The van der Waals surface area contributed by atoms with Crippen molar-refractivity contribution in [1.29, 1.82) is 0 Å². The maximum Gasteiger partial charge on any atom is 0.434 e. The molecule has 0 saturated carbocycles. The highest BCUT2D eigenvalue weighted by atomic mass is 19.4. The Balaban J connectivity index is 1.77. The Morgan fingerprint density at radius 3 is 2.44 bits per heavy atom. The Labute approximate surface area is 192 Å². The fourth-order valence-corrected chi connectivity index (χ4v) is 3.31. The Bertz CT molecular complexity index is 1400. The largest absolute Gasteiger partial charge is 0.434 e. The molecule has 1 aromatic carbocycles. The van der Waals surface area contributed by atoms with Crippen LogP contribution in [0.1, 0.15) is 32.0 Å². The lowest BCUT2D eigenvalue weighted by atomic mass is 9.95. The molecule has 0 saturated heterocycles. The van der Waals surface area contributed by atoms with Crippen molar-refractivity contribution in [3.63, 3.8) is 0 Å². The molecule has 10 heteroatoms. The number of anilines is 1. The van der Waals surface area contributed by atoms with Gasteiger partial charge in [0.15, 0.2) is 11.3 Å². The molecule has 0 fully saturated rings. The number of aromatic nitrogens is 4. The Hall–Kier alpha value is -3.82. The van der Waals surface area contributed by atoms with E-state index < -0.39 is 23.1 Å². The predicted molar refractivity (Wildman–Crippen MR) is 119 cm³/mol. The van der Waals surface area contributed by atoms with Crippen LogP contribution in [0.3, 0.4) is 0 Å². The van der Waals surface area contributed by atoms with Crippen LogP contribution in [0, 0.1) is 18.2 Å². The third kappa shape index (κ3) is 4.48. The van der Waals surface area contributed by atoms with E-state index >= 15 is 0 Å². The van der Waals surface area contributed by atoms with Crippen molar-refractivity contribution in [3.05, 3.63) is 65.9 Å². The summed E-state index contributed by atoms with van der Waals surface area (Å²) in [4.78, 5) is 20.2. The van der Waals surface area contributed by atoms with Gasteiger partial charge < -0.3 is 5.32 Å². The summed E-state index contributed by atoms with van der Waals surface area (Å²) >= 11 is 0. The molecule has 3 heterocycles. The van der Waals surface area contributed by atoms with Gasteiger partial charge in [0.1, 0.15) is 5.82 Å². The van der Waals surface area contributed by atoms with Gasteiger partial charge in [-0.2, -0.15) is 18.3 Å². The van der Waals surface area contributed by atoms with Gasteiger partial charge in [-0.1, -0.05) is 20.8 Å². The van der Waals surface area contributed by atoms with E-state index in [1.807, 2.05) is 0 Å². The van der Waals surface area contributed by atoms with Crippen LogP contribution < -0.4 is 5.32 Å². The van der Waals surface area contributed by atoms with Crippen LogP contribution in [0.2, 0.25) is 0 Å². The van der Waals surface area contributed by atoms with E-state index in [4.69, 9.17) is 0 Å². The van der Waals surface area contributed by atoms with Gasteiger partial charge in [-0.3, -0.25) is 9.78 Å². The van der Waals surface area contributed by atoms with Crippen LogP contribution in [0.5, 0.6) is 0 Å². The maximum absolute atomic E-state index is 14.8. The number of imidazole rings is 1. The molecule has 1 amide bonds. The van der Waals surface area contributed by atoms with Gasteiger partial charge in [-0.05, 0) is 48.9 Å². The molecule has 176 valence electrons. The molecule has 4 rings (SSSR count). The number of nitrogens with one attached hydrogen (secondary N) is 1. The SMILES string of the molecule is Cc1cc(F)c(-c2cn3nc(-c4cccnc4C(F)(F)F)ccc3n2)cc1NC(=O)C(C)(C)C. The summed E-state index contributed by atoms with van der Waals surface area (Å²) in [6.07, 6.45) is -2.16. The van der Waals surface area contributed by atoms with Crippen molar-refractivity contribution in [2.75, 3.05) is 5.32 Å². The topological polar surface area (TPSA) is 72.2 Å². The molecule has 34 heavy (non-hydrogen) atoms. The number of fused-ring (bicyclic) bond motifs is 1. The summed E-state index contributed by atoms with van der Waals surface area (Å²) in [5, 5.41) is 7.04. The molecule has 0 radical (unpaired) electrons. The minimum Gasteiger partial charge on any atom is -0.325 e. The Morgan fingerprint density at radius 2 is 1.76 bits per heavy atom. The lowest BCUT2D eigenvalue weighted by Crippen LogP contribution is -2.28. The number of carbonyl (C=O) groups excluding carboxylic acids is 1. The molecule has 4 aromatic rings. The highest BCUT2D eigenvalue weighted by Gasteiger charge is 2.35. The standard InChI is InChI=1S/C24H21F4N5O/c1-13-10-16(25)15(11-18(13)31-22(34)23(2,3)4)19-12-33-20(30-19)8-7-17(32-33)14-6-5-9-29-21(14)24(26,27)28/h5-12H,1-4H3,(H,31,34). The first kappa shape index (κ1) is 23.3. The highest BCUT2D eigenvalue weighted by molar-refractivity contribution is 5.95. The van der Waals surface area contributed by atoms with E-state index in [1.165, 1.54) is 47.1 Å². The fourth-order valence-electron chi connectivity index (χ4n) is 3.31. The number of alkyl halides is 3. The molecule has 0 aliphatic rings. The smallest absolute Gasteiger partial charge is 0.325 e. The number of rotatable bonds is 3. The number of amides is 1. The van der Waals surface area contributed by atoms with Gasteiger partial charge in [0.05, 0.1) is 17.6 Å². The first-order valence-electron chi connectivity index (χ1n) is 10.4. The zero-order valence-electron chi connectivity index (χ0n) is 18.8. The van der Waals surface area contributed by atoms with E-state index in [0.717, 1.165) is 6.20 Å². The second-order valence-corrected chi connectivity index (χ2v) is 8.90. The first-order valence-corrected chi connectivity index (χ1v) is 10.4. The van der Waals surface area contributed by atoms with Crippen molar-refractivity contribution in [2.45, 2.75) is 33.9 Å². The van der Waals surface area contributed by atoms with Crippen LogP contribution in [0.25, 0.3) is 28.2 Å². The minimum absolute atomic E-state index is 0.0411. The summed E-state index contributed by atoms with van der Waals surface area (Å²) in [6, 6.07) is 8.35. The van der Waals surface area contributed by atoms with Crippen LogP contribution in [-0.4, -0.2) is 25.5 Å². The molecular formula is C24H21F4N5O. The third-order valence-corrected chi connectivity index (χ3v) is 5.19. The van der Waals surface area contributed by atoms with Gasteiger partial charge in [0, 0.05) is 28.4 Å². The average molecular weight is 471 g/mol. The third-order valence-electron chi connectivity index (χ3n) is 5.19. The fraction of sp³-hybridized carbons (Fsp3) is 0.250. The lowest BCUT2D eigenvalue weighted by Gasteiger charge is -2.19. The van der Waals surface area contributed by atoms with Crippen molar-refractivity contribution in [1.82, 2.24) is 19.6 Å². The molecule has 0 unspecified atom stereocenters. The van der Waals surface area contributed by atoms with Gasteiger partial charge in [-0.25, -0.2) is 13.9 Å². The molecule has 0 atom stereocenters. The van der Waals surface area contributed by atoms with Gasteiger partial charge in [-0.15, -0.1) is 0 Å². The summed E-state index contributed by atoms with van der Waals surface area (Å²) in [6.45, 7) is 6.97. The van der Waals surface area contributed by atoms with Crippen molar-refractivity contribution >= 4 is 17.2 Å². The molecular weight excluding hydrogens is 450 g/mol. The zero-order valence-corrected chi connectivity index (χ0v) is 18.8. The quantitative estimate of drug-likeness (QED) is 0.377. The molecule has 0 bridgehead atoms. The van der Waals surface area contributed by atoms with E-state index in [2.05, 4.69) is 20.4 Å². The Morgan fingerprint density at radius 1 is 1.03 bits per heavy atom. The van der Waals surface area contributed by atoms with Crippen molar-refractivity contribution in [3.8, 4) is 22.5 Å². The normalized spacial score (nSPS) is 12.2. The van der Waals surface area contributed by atoms with Gasteiger partial charge >= 0.3 is 6.18 Å². The number of carbonyl (C=O) groups is 1. The molecule has 0 spiro atoms. The van der Waals surface area contributed by atoms with Crippen molar-refractivity contribution < 1.29 is 22.4 Å². The molecule has 3 aromatic heterocycles. The van der Waals surface area contributed by atoms with Crippen LogP contribution in [-0.2, 0) is 11.0 Å². The highest BCUT2D eigenvalue weighted by Crippen LogP contribution is 2.35. The molecule has 6 nitrogen and oxygen atoms in total. The number of halogens is 4. The van der Waals surface area contributed by atoms with Gasteiger partial charge in [0.25, 0.3) is 0 Å². The molecule has 0 aliphatic heterocycles. The first-order chi connectivity index (χ1) is 15.8. The zero-order chi connectivity index (χ0) is 24.8. The van der Waals surface area contributed by atoms with Gasteiger partial charge in [0.2, 0.25) is 5.91 Å². The number of benzene rings is 1. The molecule has 1 N–H and O–H groups in total. The number of pyridine rings is 1. The predicted octanol–water partition coefficient (Wildman–Crippen LogP) is 5.91. The minimum atomic E-state index is -4.65. The second-order valence-electron chi connectivity index (χ2n) is 8.90. The van der Waals surface area contributed by atoms with Crippen LogP contribution >= 0.6 is 0 Å². The lowest BCUT2D eigenvalue weighted by molar-refractivity contribution is -0.140. The van der Waals surface area contributed by atoms with E-state index in [-0.39, 0.29) is 28.4 Å². The number of aryl methyl sites for hydroxylation is 1. The number of nitrogens with zero attached hydrogens (tertiary/aromatic N) is 4. The van der Waals surface area contributed by atoms with E-state index in [9.17, 15) is 22.4 Å². The number of hydrogen-bond donors (Lipinski definition) is 1. The van der Waals surface area contributed by atoms with Crippen LogP contribution in [0.4, 0.5) is 23.2 Å². The van der Waals surface area contributed by atoms with E-state index in [1.54, 1.807) is 27.7 Å². The number of hydrogen-bond acceptors (Lipinski definition) is 4. The second kappa shape index (κ2) is 8.19. The summed E-state index contributed by atoms with van der Waals surface area (Å²) in [5.41, 5.74) is -0.199.